The number of carbonyl (C=O) groups is 2. The van der Waals surface area contributed by atoms with Crippen molar-refractivity contribution in [3.63, 3.8) is 0 Å². The van der Waals surface area contributed by atoms with Crippen molar-refractivity contribution in [2.24, 2.45) is 0 Å². The molecule has 9 nitrogen and oxygen atoms in total. The third-order valence-electron chi connectivity index (χ3n) is 3.46. The topological polar surface area (TPSA) is 177 Å². The molecule has 5 N–H and O–H groups in total. The predicted octanol–water partition coefficient (Wildman–Crippen LogP) is 2.73. The Hall–Kier alpha value is -1.32. The molecule has 0 aromatic heterocycles. The minimum absolute atomic E-state index is 0. The van der Waals surface area contributed by atoms with Crippen molar-refractivity contribution in [1.82, 2.24) is 0 Å². The van der Waals surface area contributed by atoms with Crippen molar-refractivity contribution >= 4 is 22.1 Å². The van der Waals surface area contributed by atoms with Crippen LogP contribution in [0, 0.1) is 0 Å². The van der Waals surface area contributed by atoms with Crippen LogP contribution in [0.3, 0.4) is 0 Å². The van der Waals surface area contributed by atoms with E-state index in [0.29, 0.717) is 12.1 Å². The number of benzene rings is 1. The zero-order valence-corrected chi connectivity index (χ0v) is 16.0. The van der Waals surface area contributed by atoms with Crippen molar-refractivity contribution in [1.29, 1.82) is 0 Å². The minimum Gasteiger partial charge on any atom is -0.676 e. The first kappa shape index (κ1) is 23.7. The molecule has 1 saturated carbocycles. The largest absolute Gasteiger partial charge is 2.00 e. The Labute approximate surface area is 159 Å². The van der Waals surface area contributed by atoms with Gasteiger partial charge < -0.3 is 21.7 Å². The van der Waals surface area contributed by atoms with Gasteiger partial charge in [-0.15, -0.1) is 0 Å². The minimum atomic E-state index is -4.64. The number of carboxylic acid groups (broad SMARTS) is 2. The zero-order chi connectivity index (χ0) is 18.5. The standard InChI is InChI=1S/C8H6O7S.C6H12N2.Pt/c9-7(10)4-1-5(8(11)12)3-6(2-4)16(13,14)15;7-5-3-1-2-4-6(5)8;/h1-3H,(H,9,10)(H,11,12)(H,13,14,15);5-8H,1-4H2;/q;-2;+2. The van der Waals surface area contributed by atoms with Gasteiger partial charge in [0.25, 0.3) is 10.1 Å². The van der Waals surface area contributed by atoms with E-state index in [2.05, 4.69) is 0 Å². The molecule has 0 bridgehead atoms. The van der Waals surface area contributed by atoms with Gasteiger partial charge in [0.2, 0.25) is 0 Å². The molecule has 1 aromatic rings. The first-order chi connectivity index (χ1) is 11.0. The average molecular weight is 553 g/mol. The molecule has 2 atom stereocenters. The smallest absolute Gasteiger partial charge is 0.676 e. The van der Waals surface area contributed by atoms with Gasteiger partial charge in [0.1, 0.15) is 0 Å². The van der Waals surface area contributed by atoms with Gasteiger partial charge >= 0.3 is 33.0 Å². The van der Waals surface area contributed by atoms with Crippen molar-refractivity contribution in [3.8, 4) is 0 Å². The predicted molar refractivity (Wildman–Crippen MR) is 84.9 cm³/mol. The van der Waals surface area contributed by atoms with E-state index in [9.17, 15) is 18.0 Å². The monoisotopic (exact) mass is 553 g/mol. The third-order valence-corrected chi connectivity index (χ3v) is 4.30. The van der Waals surface area contributed by atoms with Crippen LogP contribution in [0.15, 0.2) is 23.1 Å². The van der Waals surface area contributed by atoms with E-state index in [1.165, 1.54) is 12.8 Å². The first-order valence-electron chi connectivity index (χ1n) is 7.03. The van der Waals surface area contributed by atoms with E-state index in [0.717, 1.165) is 18.9 Å². The Morgan fingerprint density at radius 1 is 0.920 bits per heavy atom. The van der Waals surface area contributed by atoms with Crippen LogP contribution >= 0.6 is 0 Å². The van der Waals surface area contributed by atoms with Crippen molar-refractivity contribution in [3.05, 3.63) is 40.8 Å². The zero-order valence-electron chi connectivity index (χ0n) is 12.9. The van der Waals surface area contributed by atoms with Gasteiger partial charge in [-0.2, -0.15) is 20.5 Å². The molecule has 0 spiro atoms. The molecule has 2 unspecified atom stereocenters. The summed E-state index contributed by atoms with van der Waals surface area (Å²) in [6.07, 6.45) is 4.25. The molecule has 11 heteroatoms. The molecule has 25 heavy (non-hydrogen) atoms. The summed E-state index contributed by atoms with van der Waals surface area (Å²) >= 11 is 0. The molecule has 0 radical (unpaired) electrons. The Balaban J connectivity index is 0.000000540. The van der Waals surface area contributed by atoms with Crippen LogP contribution < -0.4 is 0 Å². The SMILES string of the molecule is O=C(O)c1cc(C(=O)O)cc(S(=O)(=O)O)c1.[NH-]C1CCCCC1[NH-].[Pt+2]. The van der Waals surface area contributed by atoms with Gasteiger partial charge in [-0.1, -0.05) is 25.7 Å². The molecule has 0 aliphatic heterocycles. The first-order valence-corrected chi connectivity index (χ1v) is 8.47. The summed E-state index contributed by atoms with van der Waals surface area (Å²) in [5, 5.41) is 17.2. The summed E-state index contributed by atoms with van der Waals surface area (Å²) in [5.74, 6) is -2.99. The Morgan fingerprint density at radius 3 is 1.52 bits per heavy atom. The number of hydrogen-bond donors (Lipinski definition) is 3. The average Bonchev–Trinajstić information content (AvgIpc) is 2.49. The molecule has 1 aromatic carbocycles. The van der Waals surface area contributed by atoms with Crippen LogP contribution in [0.4, 0.5) is 0 Å². The summed E-state index contributed by atoms with van der Waals surface area (Å²) < 4.78 is 30.2. The van der Waals surface area contributed by atoms with Crippen LogP contribution in [0.25, 0.3) is 11.5 Å². The Morgan fingerprint density at radius 2 is 1.28 bits per heavy atom. The number of nitrogens with one attached hydrogen (secondary N) is 2. The molecular weight excluding hydrogens is 535 g/mol. The summed E-state index contributed by atoms with van der Waals surface area (Å²) in [7, 11) is -4.64. The summed E-state index contributed by atoms with van der Waals surface area (Å²) in [6, 6.07) is 1.97. The second-order valence-corrected chi connectivity index (χ2v) is 6.75. The second kappa shape index (κ2) is 9.98. The molecule has 0 heterocycles. The number of carboxylic acids is 2. The summed E-state index contributed by atoms with van der Waals surface area (Å²) in [6.45, 7) is 0. The molecule has 1 fully saturated rings. The van der Waals surface area contributed by atoms with Gasteiger partial charge in [0.15, 0.2) is 0 Å². The maximum Gasteiger partial charge on any atom is 2.00 e. The molecule has 2 rings (SSSR count). The van der Waals surface area contributed by atoms with Gasteiger partial charge in [-0.05, 0) is 18.2 Å². The van der Waals surface area contributed by atoms with Gasteiger partial charge in [-0.25, -0.2) is 9.59 Å². The van der Waals surface area contributed by atoms with Crippen molar-refractivity contribution in [2.75, 3.05) is 0 Å². The number of rotatable bonds is 3. The fourth-order valence-electron chi connectivity index (χ4n) is 2.13. The van der Waals surface area contributed by atoms with E-state index >= 15 is 0 Å². The number of aromatic carboxylic acids is 2. The second-order valence-electron chi connectivity index (χ2n) is 5.33. The maximum absolute atomic E-state index is 10.8. The third kappa shape index (κ3) is 7.62. The molecule has 1 aliphatic rings. The van der Waals surface area contributed by atoms with Crippen LogP contribution in [0.5, 0.6) is 0 Å². The Kier molecular flexibility index (Phi) is 9.45. The fraction of sp³-hybridized carbons (Fsp3) is 0.429. The van der Waals surface area contributed by atoms with E-state index in [1.54, 1.807) is 0 Å². The Bertz CT molecular complexity index is 682. The summed E-state index contributed by atoms with van der Waals surface area (Å²) in [4.78, 5) is 20.4. The van der Waals surface area contributed by atoms with Crippen molar-refractivity contribution in [2.45, 2.75) is 42.7 Å². The normalized spacial score (nSPS) is 19.8. The van der Waals surface area contributed by atoms with E-state index in [1.807, 2.05) is 0 Å². The summed E-state index contributed by atoms with van der Waals surface area (Å²) in [5.41, 5.74) is 13.5. The van der Waals surface area contributed by atoms with Gasteiger partial charge in [-0.3, -0.25) is 4.55 Å². The van der Waals surface area contributed by atoms with Gasteiger partial charge in [0.05, 0.1) is 16.0 Å². The van der Waals surface area contributed by atoms with E-state index < -0.39 is 38.1 Å². The molecule has 0 saturated heterocycles. The van der Waals surface area contributed by atoms with E-state index in [-0.39, 0.29) is 33.1 Å². The van der Waals surface area contributed by atoms with Crippen LogP contribution in [-0.2, 0) is 31.2 Å². The number of hydrogen-bond acceptors (Lipinski definition) is 4. The maximum atomic E-state index is 10.8. The van der Waals surface area contributed by atoms with Crippen LogP contribution in [0.2, 0.25) is 0 Å². The van der Waals surface area contributed by atoms with Crippen LogP contribution in [-0.4, -0.2) is 47.2 Å². The molecule has 142 valence electrons. The quantitative estimate of drug-likeness (QED) is 0.482. The molecule has 0 amide bonds. The van der Waals surface area contributed by atoms with Crippen molar-refractivity contribution < 1.29 is 53.8 Å². The molecular formula is C14H18N2O7PtS. The van der Waals surface area contributed by atoms with Gasteiger partial charge in [0, 0.05) is 0 Å². The van der Waals surface area contributed by atoms with E-state index in [4.69, 9.17) is 26.2 Å². The molecule has 1 aliphatic carbocycles. The van der Waals surface area contributed by atoms with Crippen LogP contribution in [0.1, 0.15) is 46.4 Å². The fourth-order valence-corrected chi connectivity index (χ4v) is 2.68.